The second-order valence-corrected chi connectivity index (χ2v) is 6.35. The third-order valence-corrected chi connectivity index (χ3v) is 4.49. The molecule has 1 aliphatic heterocycles. The smallest absolute Gasteiger partial charge is 0.223 e. The van der Waals surface area contributed by atoms with Crippen molar-refractivity contribution in [1.82, 2.24) is 4.90 Å². The zero-order chi connectivity index (χ0) is 15.2. The Kier molecular flexibility index (Phi) is 5.85. The van der Waals surface area contributed by atoms with E-state index in [0.717, 1.165) is 31.8 Å². The van der Waals surface area contributed by atoms with Crippen LogP contribution in [0.3, 0.4) is 0 Å². The van der Waals surface area contributed by atoms with E-state index in [2.05, 4.69) is 20.8 Å². The van der Waals surface area contributed by atoms with Crippen LogP contribution in [0.25, 0.3) is 0 Å². The first-order valence-corrected chi connectivity index (χ1v) is 7.97. The molecule has 1 aliphatic rings. The lowest BCUT2D eigenvalue weighted by Crippen LogP contribution is -2.42. The molecule has 0 aromatic carbocycles. The van der Waals surface area contributed by atoms with E-state index in [-0.39, 0.29) is 11.9 Å². The predicted molar refractivity (Wildman–Crippen MR) is 81.7 cm³/mol. The van der Waals surface area contributed by atoms with E-state index in [1.807, 2.05) is 17.0 Å². The molecule has 0 unspecified atom stereocenters. The van der Waals surface area contributed by atoms with Crippen molar-refractivity contribution in [2.75, 3.05) is 13.2 Å². The second kappa shape index (κ2) is 7.64. The van der Waals surface area contributed by atoms with Gasteiger partial charge in [0.1, 0.15) is 5.76 Å². The number of furan rings is 1. The first-order valence-electron chi connectivity index (χ1n) is 7.97. The summed E-state index contributed by atoms with van der Waals surface area (Å²) in [7, 11) is 0. The van der Waals surface area contributed by atoms with Gasteiger partial charge in [-0.3, -0.25) is 4.79 Å². The van der Waals surface area contributed by atoms with Crippen LogP contribution >= 0.6 is 0 Å². The minimum atomic E-state index is 0.211. The van der Waals surface area contributed by atoms with Crippen molar-refractivity contribution in [3.05, 3.63) is 24.2 Å². The largest absolute Gasteiger partial charge is 0.467 e. The Bertz CT molecular complexity index is 421. The number of ether oxygens (including phenoxy) is 1. The van der Waals surface area contributed by atoms with E-state index >= 15 is 0 Å². The summed E-state index contributed by atoms with van der Waals surface area (Å²) < 4.78 is 10.8. The van der Waals surface area contributed by atoms with Gasteiger partial charge in [-0.1, -0.05) is 13.8 Å². The lowest BCUT2D eigenvalue weighted by atomic mass is 9.95. The Hall–Kier alpha value is -1.29. The third-order valence-electron chi connectivity index (χ3n) is 4.49. The Morgan fingerprint density at radius 1 is 1.33 bits per heavy atom. The minimum Gasteiger partial charge on any atom is -0.467 e. The summed E-state index contributed by atoms with van der Waals surface area (Å²) in [6.45, 7) is 8.57. The van der Waals surface area contributed by atoms with Gasteiger partial charge in [-0.15, -0.1) is 0 Å². The van der Waals surface area contributed by atoms with Gasteiger partial charge in [0, 0.05) is 25.7 Å². The van der Waals surface area contributed by atoms with Gasteiger partial charge in [-0.2, -0.15) is 0 Å². The summed E-state index contributed by atoms with van der Waals surface area (Å²) in [5, 5.41) is 0. The first kappa shape index (κ1) is 16.1. The molecule has 4 nitrogen and oxygen atoms in total. The fraction of sp³-hybridized carbons (Fsp3) is 0.706. The van der Waals surface area contributed by atoms with Crippen LogP contribution in [0, 0.1) is 11.8 Å². The maximum atomic E-state index is 12.7. The van der Waals surface area contributed by atoms with Crippen molar-refractivity contribution in [1.29, 1.82) is 0 Å². The van der Waals surface area contributed by atoms with Crippen molar-refractivity contribution in [3.8, 4) is 0 Å². The Labute approximate surface area is 127 Å². The standard InChI is InChI=1S/C17H27NO3/c1-13(2)14(3)18(12-16-5-4-8-21-16)17(19)11-15-6-9-20-10-7-15/h4-5,8,13-15H,6-7,9-12H2,1-3H3/t14-/m0/s1. The van der Waals surface area contributed by atoms with Crippen LogP contribution in [-0.4, -0.2) is 30.1 Å². The SMILES string of the molecule is CC(C)[C@H](C)N(Cc1ccco1)C(=O)CC1CCOCC1. The highest BCUT2D eigenvalue weighted by molar-refractivity contribution is 5.76. The molecule has 1 aromatic rings. The fourth-order valence-electron chi connectivity index (χ4n) is 2.70. The van der Waals surface area contributed by atoms with Gasteiger partial charge in [0.05, 0.1) is 12.8 Å². The summed E-state index contributed by atoms with van der Waals surface area (Å²) >= 11 is 0. The van der Waals surface area contributed by atoms with E-state index in [4.69, 9.17) is 9.15 Å². The van der Waals surface area contributed by atoms with Crippen LogP contribution in [-0.2, 0) is 16.1 Å². The molecule has 1 atom stereocenters. The van der Waals surface area contributed by atoms with E-state index in [1.165, 1.54) is 0 Å². The number of hydrogen-bond acceptors (Lipinski definition) is 3. The van der Waals surface area contributed by atoms with Gasteiger partial charge in [-0.05, 0) is 43.7 Å². The number of nitrogens with zero attached hydrogens (tertiary/aromatic N) is 1. The lowest BCUT2D eigenvalue weighted by molar-refractivity contribution is -0.136. The van der Waals surface area contributed by atoms with Crippen molar-refractivity contribution >= 4 is 5.91 Å². The summed E-state index contributed by atoms with van der Waals surface area (Å²) in [5.41, 5.74) is 0. The third kappa shape index (κ3) is 4.60. The van der Waals surface area contributed by atoms with Crippen LogP contribution in [0.5, 0.6) is 0 Å². The molecule has 1 saturated heterocycles. The van der Waals surface area contributed by atoms with Crippen molar-refractivity contribution in [2.45, 2.75) is 52.6 Å². The first-order chi connectivity index (χ1) is 10.1. The number of rotatable bonds is 6. The Balaban J connectivity index is 2.00. The van der Waals surface area contributed by atoms with E-state index in [9.17, 15) is 4.79 Å². The highest BCUT2D eigenvalue weighted by Gasteiger charge is 2.26. The van der Waals surface area contributed by atoms with Gasteiger partial charge in [0.2, 0.25) is 5.91 Å². The van der Waals surface area contributed by atoms with Crippen LogP contribution in [0.15, 0.2) is 22.8 Å². The molecule has 0 spiro atoms. The molecular formula is C17H27NO3. The molecule has 1 amide bonds. The van der Waals surface area contributed by atoms with Crippen molar-refractivity contribution in [2.24, 2.45) is 11.8 Å². The van der Waals surface area contributed by atoms with Crippen molar-refractivity contribution < 1.29 is 13.9 Å². The Morgan fingerprint density at radius 3 is 2.62 bits per heavy atom. The molecule has 21 heavy (non-hydrogen) atoms. The maximum Gasteiger partial charge on any atom is 0.223 e. The zero-order valence-electron chi connectivity index (χ0n) is 13.4. The predicted octanol–water partition coefficient (Wildman–Crippen LogP) is 3.47. The molecule has 1 aromatic heterocycles. The van der Waals surface area contributed by atoms with Gasteiger partial charge in [-0.25, -0.2) is 0 Å². The second-order valence-electron chi connectivity index (χ2n) is 6.35. The number of carbonyl (C=O) groups excluding carboxylic acids is 1. The van der Waals surface area contributed by atoms with Crippen LogP contribution < -0.4 is 0 Å². The molecule has 1 fully saturated rings. The van der Waals surface area contributed by atoms with Crippen LogP contribution in [0.1, 0.15) is 45.8 Å². The van der Waals surface area contributed by atoms with E-state index < -0.39 is 0 Å². The maximum absolute atomic E-state index is 12.7. The summed E-state index contributed by atoms with van der Waals surface area (Å²) in [4.78, 5) is 14.7. The monoisotopic (exact) mass is 293 g/mol. The quantitative estimate of drug-likeness (QED) is 0.806. The van der Waals surface area contributed by atoms with E-state index in [0.29, 0.717) is 24.8 Å². The fourth-order valence-corrected chi connectivity index (χ4v) is 2.70. The van der Waals surface area contributed by atoms with Crippen LogP contribution in [0.4, 0.5) is 0 Å². The van der Waals surface area contributed by atoms with Crippen molar-refractivity contribution in [3.63, 3.8) is 0 Å². The molecule has 118 valence electrons. The lowest BCUT2D eigenvalue weighted by Gasteiger charge is -2.33. The normalized spacial score (nSPS) is 17.9. The number of carbonyl (C=O) groups is 1. The molecule has 4 heteroatoms. The summed E-state index contributed by atoms with van der Waals surface area (Å²) in [6, 6.07) is 4.01. The minimum absolute atomic E-state index is 0.211. The topological polar surface area (TPSA) is 42.7 Å². The molecule has 0 bridgehead atoms. The molecule has 2 rings (SSSR count). The number of hydrogen-bond donors (Lipinski definition) is 0. The molecule has 0 saturated carbocycles. The molecule has 2 heterocycles. The molecule has 0 aliphatic carbocycles. The highest BCUT2D eigenvalue weighted by atomic mass is 16.5. The summed E-state index contributed by atoms with van der Waals surface area (Å²) in [5.74, 6) is 1.98. The van der Waals surface area contributed by atoms with Crippen LogP contribution in [0.2, 0.25) is 0 Å². The van der Waals surface area contributed by atoms with Gasteiger partial charge < -0.3 is 14.1 Å². The number of amides is 1. The molecular weight excluding hydrogens is 266 g/mol. The average Bonchev–Trinajstić information content (AvgIpc) is 2.98. The van der Waals surface area contributed by atoms with Gasteiger partial charge in [0.25, 0.3) is 0 Å². The zero-order valence-corrected chi connectivity index (χ0v) is 13.4. The molecule has 0 radical (unpaired) electrons. The highest BCUT2D eigenvalue weighted by Crippen LogP contribution is 2.23. The Morgan fingerprint density at radius 2 is 2.05 bits per heavy atom. The average molecular weight is 293 g/mol. The molecule has 0 N–H and O–H groups in total. The summed E-state index contributed by atoms with van der Waals surface area (Å²) in [6.07, 6.45) is 4.28. The van der Waals surface area contributed by atoms with Gasteiger partial charge >= 0.3 is 0 Å². The van der Waals surface area contributed by atoms with Gasteiger partial charge in [0.15, 0.2) is 0 Å². The van der Waals surface area contributed by atoms with E-state index in [1.54, 1.807) is 6.26 Å².